The van der Waals surface area contributed by atoms with Crippen molar-refractivity contribution >= 4 is 29.4 Å². The molecule has 0 heterocycles. The zero-order valence-corrected chi connectivity index (χ0v) is 11.8. The van der Waals surface area contributed by atoms with Crippen molar-refractivity contribution in [3.05, 3.63) is 34.9 Å². The predicted octanol–water partition coefficient (Wildman–Crippen LogP) is 0.0216. The van der Waals surface area contributed by atoms with Crippen molar-refractivity contribution in [1.82, 2.24) is 10.6 Å². The van der Waals surface area contributed by atoms with Crippen LogP contribution in [0.3, 0.4) is 0 Å². The zero-order chi connectivity index (χ0) is 15.8. The van der Waals surface area contributed by atoms with Crippen LogP contribution >= 0.6 is 11.6 Å². The number of carboxylic acid groups (broad SMARTS) is 1. The first-order valence-corrected chi connectivity index (χ1v) is 6.49. The molecule has 1 atom stereocenters. The van der Waals surface area contributed by atoms with Crippen LogP contribution in [0.25, 0.3) is 0 Å². The first-order valence-electron chi connectivity index (χ1n) is 6.11. The van der Waals surface area contributed by atoms with Gasteiger partial charge in [0.2, 0.25) is 5.91 Å². The summed E-state index contributed by atoms with van der Waals surface area (Å²) in [6.07, 6.45) is -0.112. The monoisotopic (exact) mass is 314 g/mol. The second-order valence-corrected chi connectivity index (χ2v) is 4.54. The lowest BCUT2D eigenvalue weighted by atomic mass is 10.2. The Bertz CT molecular complexity index is 535. The van der Waals surface area contributed by atoms with Crippen LogP contribution in [0.15, 0.2) is 24.3 Å². The molecule has 0 aliphatic carbocycles. The number of carboxylic acids is 1. The Morgan fingerprint density at radius 1 is 1.24 bits per heavy atom. The number of halogens is 1. The Morgan fingerprint density at radius 3 is 2.48 bits per heavy atom. The third-order valence-electron chi connectivity index (χ3n) is 2.58. The van der Waals surface area contributed by atoms with Gasteiger partial charge in [0, 0.05) is 13.0 Å². The van der Waals surface area contributed by atoms with Gasteiger partial charge in [-0.1, -0.05) is 23.7 Å². The summed E-state index contributed by atoms with van der Waals surface area (Å²) in [4.78, 5) is 34.1. The molecule has 0 fully saturated rings. The molecule has 1 aromatic carbocycles. The van der Waals surface area contributed by atoms with E-state index in [1.807, 2.05) is 0 Å². The molecule has 1 aromatic rings. The van der Waals surface area contributed by atoms with Crippen molar-refractivity contribution in [3.8, 4) is 0 Å². The highest BCUT2D eigenvalue weighted by Crippen LogP contribution is 2.14. The second-order valence-electron chi connectivity index (χ2n) is 4.13. The van der Waals surface area contributed by atoms with Gasteiger partial charge >= 0.3 is 5.97 Å². The highest BCUT2D eigenvalue weighted by atomic mass is 35.5. The lowest BCUT2D eigenvalue weighted by Crippen LogP contribution is -2.45. The standard InChI is InChI=1S/C13H15ClN2O5/c14-9-4-2-1-3-8(9)12(19)15-7-11(18)16-10(5-6-17)13(20)21/h1-4,10,17H,5-7H2,(H,15,19)(H,16,18)(H,20,21)/t10-/m0/s1. The minimum atomic E-state index is -1.25. The van der Waals surface area contributed by atoms with Gasteiger partial charge in [-0.15, -0.1) is 0 Å². The van der Waals surface area contributed by atoms with E-state index < -0.39 is 23.8 Å². The molecular formula is C13H15ClN2O5. The van der Waals surface area contributed by atoms with Crippen LogP contribution in [0.4, 0.5) is 0 Å². The predicted molar refractivity (Wildman–Crippen MR) is 75.1 cm³/mol. The smallest absolute Gasteiger partial charge is 0.326 e. The van der Waals surface area contributed by atoms with E-state index in [9.17, 15) is 14.4 Å². The Morgan fingerprint density at radius 2 is 1.90 bits per heavy atom. The van der Waals surface area contributed by atoms with E-state index in [4.69, 9.17) is 21.8 Å². The maximum Gasteiger partial charge on any atom is 0.326 e. The number of amides is 2. The molecule has 1 rings (SSSR count). The van der Waals surface area contributed by atoms with E-state index in [0.717, 1.165) is 0 Å². The Balaban J connectivity index is 2.51. The lowest BCUT2D eigenvalue weighted by Gasteiger charge is -2.13. The summed E-state index contributed by atoms with van der Waals surface area (Å²) in [6.45, 7) is -0.761. The van der Waals surface area contributed by atoms with Gasteiger partial charge in [0.1, 0.15) is 6.04 Å². The van der Waals surface area contributed by atoms with Crippen molar-refractivity contribution in [1.29, 1.82) is 0 Å². The summed E-state index contributed by atoms with van der Waals surface area (Å²) in [5.41, 5.74) is 0.220. The summed E-state index contributed by atoms with van der Waals surface area (Å²) in [7, 11) is 0. The average molecular weight is 315 g/mol. The highest BCUT2D eigenvalue weighted by molar-refractivity contribution is 6.33. The topological polar surface area (TPSA) is 116 Å². The molecule has 21 heavy (non-hydrogen) atoms. The first kappa shape index (κ1) is 16.9. The molecule has 0 saturated heterocycles. The van der Waals surface area contributed by atoms with E-state index in [-0.39, 0.29) is 30.2 Å². The van der Waals surface area contributed by atoms with E-state index in [1.54, 1.807) is 12.1 Å². The van der Waals surface area contributed by atoms with Crippen LogP contribution in [0.1, 0.15) is 16.8 Å². The first-order chi connectivity index (χ1) is 9.95. The summed E-state index contributed by atoms with van der Waals surface area (Å²) in [5.74, 6) is -2.46. The quantitative estimate of drug-likeness (QED) is 0.566. The third-order valence-corrected chi connectivity index (χ3v) is 2.91. The van der Waals surface area contributed by atoms with Crippen LogP contribution in [-0.2, 0) is 9.59 Å². The minimum Gasteiger partial charge on any atom is -0.480 e. The van der Waals surface area contributed by atoms with Gasteiger partial charge in [0.05, 0.1) is 17.1 Å². The summed E-state index contributed by atoms with van der Waals surface area (Å²) < 4.78 is 0. The number of carbonyl (C=O) groups excluding carboxylic acids is 2. The van der Waals surface area contributed by atoms with Gasteiger partial charge in [-0.05, 0) is 12.1 Å². The highest BCUT2D eigenvalue weighted by Gasteiger charge is 2.19. The Labute approximate surface area is 125 Å². The Kier molecular flexibility index (Phi) is 6.64. The zero-order valence-electron chi connectivity index (χ0n) is 11.0. The number of hydrogen-bond donors (Lipinski definition) is 4. The SMILES string of the molecule is O=C(CNC(=O)c1ccccc1Cl)N[C@@H](CCO)C(=O)O. The van der Waals surface area contributed by atoms with E-state index >= 15 is 0 Å². The van der Waals surface area contributed by atoms with Crippen molar-refractivity contribution in [2.45, 2.75) is 12.5 Å². The van der Waals surface area contributed by atoms with E-state index in [2.05, 4.69) is 10.6 Å². The molecule has 0 saturated carbocycles. The minimum absolute atomic E-state index is 0.112. The fraction of sp³-hybridized carbons (Fsp3) is 0.308. The van der Waals surface area contributed by atoms with Crippen LogP contribution in [0.2, 0.25) is 5.02 Å². The second kappa shape index (κ2) is 8.23. The lowest BCUT2D eigenvalue weighted by molar-refractivity contribution is -0.142. The van der Waals surface area contributed by atoms with Gasteiger partial charge in [-0.25, -0.2) is 4.79 Å². The summed E-state index contributed by atoms with van der Waals surface area (Å²) >= 11 is 5.83. The number of carbonyl (C=O) groups is 3. The van der Waals surface area contributed by atoms with Crippen LogP contribution in [-0.4, -0.2) is 47.2 Å². The molecule has 0 unspecified atom stereocenters. The average Bonchev–Trinajstić information content (AvgIpc) is 2.44. The number of hydrogen-bond acceptors (Lipinski definition) is 4. The number of nitrogens with one attached hydrogen (secondary N) is 2. The number of aliphatic carboxylic acids is 1. The van der Waals surface area contributed by atoms with Crippen LogP contribution in [0, 0.1) is 0 Å². The van der Waals surface area contributed by atoms with Crippen LogP contribution < -0.4 is 10.6 Å². The fourth-order valence-electron chi connectivity index (χ4n) is 1.53. The maximum absolute atomic E-state index is 11.8. The van der Waals surface area contributed by atoms with Gasteiger partial charge in [-0.2, -0.15) is 0 Å². The molecule has 7 nitrogen and oxygen atoms in total. The Hall–Kier alpha value is -2.12. The third kappa shape index (κ3) is 5.41. The van der Waals surface area contributed by atoms with Crippen molar-refractivity contribution in [2.24, 2.45) is 0 Å². The number of benzene rings is 1. The molecule has 0 radical (unpaired) electrons. The number of aliphatic hydroxyl groups is 1. The van der Waals surface area contributed by atoms with Crippen molar-refractivity contribution in [2.75, 3.05) is 13.2 Å². The molecule has 0 aliphatic heterocycles. The van der Waals surface area contributed by atoms with Crippen molar-refractivity contribution < 1.29 is 24.6 Å². The van der Waals surface area contributed by atoms with Crippen LogP contribution in [0.5, 0.6) is 0 Å². The van der Waals surface area contributed by atoms with Gasteiger partial charge in [0.15, 0.2) is 0 Å². The van der Waals surface area contributed by atoms with Crippen molar-refractivity contribution in [3.63, 3.8) is 0 Å². The molecule has 2 amide bonds. The normalized spacial score (nSPS) is 11.5. The maximum atomic E-state index is 11.8. The largest absolute Gasteiger partial charge is 0.480 e. The molecule has 0 aromatic heterocycles. The van der Waals surface area contributed by atoms with E-state index in [0.29, 0.717) is 0 Å². The summed E-state index contributed by atoms with van der Waals surface area (Å²) in [6, 6.07) is 5.14. The fourth-order valence-corrected chi connectivity index (χ4v) is 1.75. The summed E-state index contributed by atoms with van der Waals surface area (Å²) in [5, 5.41) is 22.3. The number of aliphatic hydroxyl groups excluding tert-OH is 1. The van der Waals surface area contributed by atoms with Gasteiger partial charge in [0.25, 0.3) is 5.91 Å². The van der Waals surface area contributed by atoms with Gasteiger partial charge < -0.3 is 20.8 Å². The van der Waals surface area contributed by atoms with E-state index in [1.165, 1.54) is 12.1 Å². The molecule has 8 heteroatoms. The molecule has 0 aliphatic rings. The molecule has 4 N–H and O–H groups in total. The molecule has 0 spiro atoms. The molecule has 114 valence electrons. The molecule has 0 bridgehead atoms. The molecular weight excluding hydrogens is 300 g/mol. The van der Waals surface area contributed by atoms with Gasteiger partial charge in [-0.3, -0.25) is 9.59 Å². The number of rotatable bonds is 7.